The van der Waals surface area contributed by atoms with Gasteiger partial charge in [-0.15, -0.1) is 0 Å². The van der Waals surface area contributed by atoms with E-state index in [-0.39, 0.29) is 18.4 Å². The van der Waals surface area contributed by atoms with Crippen molar-refractivity contribution in [1.29, 1.82) is 0 Å². The van der Waals surface area contributed by atoms with Crippen LogP contribution in [-0.2, 0) is 9.53 Å². The van der Waals surface area contributed by atoms with Gasteiger partial charge in [-0.3, -0.25) is 4.79 Å². The van der Waals surface area contributed by atoms with E-state index in [1.807, 2.05) is 39.0 Å². The quantitative estimate of drug-likeness (QED) is 0.892. The van der Waals surface area contributed by atoms with E-state index in [2.05, 4.69) is 5.32 Å². The van der Waals surface area contributed by atoms with Gasteiger partial charge in [0.05, 0.1) is 0 Å². The average Bonchev–Trinajstić information content (AvgIpc) is 3.06. The molecule has 0 saturated carbocycles. The number of hydrogen-bond donors (Lipinski definition) is 1. The van der Waals surface area contributed by atoms with Crippen LogP contribution in [0, 0.1) is 5.92 Å². The summed E-state index contributed by atoms with van der Waals surface area (Å²) < 4.78 is 16.6. The van der Waals surface area contributed by atoms with E-state index in [0.29, 0.717) is 31.1 Å². The van der Waals surface area contributed by atoms with Crippen LogP contribution in [-0.4, -0.2) is 54.8 Å². The van der Waals surface area contributed by atoms with Gasteiger partial charge in [-0.25, -0.2) is 4.79 Å². The van der Waals surface area contributed by atoms with Crippen molar-refractivity contribution in [3.05, 3.63) is 24.3 Å². The molecule has 1 fully saturated rings. The van der Waals surface area contributed by atoms with E-state index in [4.69, 9.17) is 14.2 Å². The van der Waals surface area contributed by atoms with Gasteiger partial charge in [-0.05, 0) is 45.2 Å². The Morgan fingerprint density at radius 3 is 2.73 bits per heavy atom. The summed E-state index contributed by atoms with van der Waals surface area (Å²) in [6, 6.07) is 7.34. The summed E-state index contributed by atoms with van der Waals surface area (Å²) in [5.41, 5.74) is -0.517. The minimum absolute atomic E-state index is 0.0701. The Kier molecular flexibility index (Phi) is 5.25. The summed E-state index contributed by atoms with van der Waals surface area (Å²) in [6.07, 6.45) is -0.212. The molecule has 0 unspecified atom stereocenters. The molecule has 142 valence electrons. The highest BCUT2D eigenvalue weighted by atomic mass is 16.6. The van der Waals surface area contributed by atoms with Crippen molar-refractivity contribution in [2.24, 2.45) is 5.92 Å². The summed E-state index contributed by atoms with van der Waals surface area (Å²) >= 11 is 0. The number of fused-ring (bicyclic) bond motifs is 1. The standard InChI is InChI=1S/C19H26N2O5/c1-19(2,3)26-18(23)20-10-13-8-9-21(11-13)17(22)16-12-24-14-6-4-5-7-15(14)25-16/h4-7,13,16H,8-12H2,1-3H3,(H,20,23)/t13-,16-/m0/s1. The number of nitrogens with zero attached hydrogens (tertiary/aromatic N) is 1. The second-order valence-electron chi connectivity index (χ2n) is 7.69. The molecule has 0 aromatic heterocycles. The molecule has 1 saturated heterocycles. The van der Waals surface area contributed by atoms with E-state index < -0.39 is 17.8 Å². The van der Waals surface area contributed by atoms with Crippen LogP contribution in [0.5, 0.6) is 11.5 Å². The summed E-state index contributed by atoms with van der Waals surface area (Å²) in [5.74, 6) is 1.40. The number of ether oxygens (including phenoxy) is 3. The maximum Gasteiger partial charge on any atom is 0.407 e. The zero-order valence-electron chi connectivity index (χ0n) is 15.5. The van der Waals surface area contributed by atoms with E-state index in [9.17, 15) is 9.59 Å². The van der Waals surface area contributed by atoms with Gasteiger partial charge in [0.25, 0.3) is 5.91 Å². The fourth-order valence-corrected chi connectivity index (χ4v) is 3.09. The second-order valence-corrected chi connectivity index (χ2v) is 7.69. The minimum atomic E-state index is -0.623. The Balaban J connectivity index is 1.47. The van der Waals surface area contributed by atoms with Crippen molar-refractivity contribution >= 4 is 12.0 Å². The summed E-state index contributed by atoms with van der Waals surface area (Å²) in [7, 11) is 0. The van der Waals surface area contributed by atoms with Crippen LogP contribution in [0.4, 0.5) is 4.79 Å². The van der Waals surface area contributed by atoms with Crippen molar-refractivity contribution in [2.45, 2.75) is 38.9 Å². The Morgan fingerprint density at radius 2 is 2.00 bits per heavy atom. The minimum Gasteiger partial charge on any atom is -0.485 e. The predicted octanol–water partition coefficient (Wildman–Crippen LogP) is 2.20. The molecule has 0 spiro atoms. The van der Waals surface area contributed by atoms with Gasteiger partial charge in [0.2, 0.25) is 6.10 Å². The number of carbonyl (C=O) groups excluding carboxylic acids is 2. The average molecular weight is 362 g/mol. The maximum atomic E-state index is 12.7. The van der Waals surface area contributed by atoms with E-state index in [1.165, 1.54) is 0 Å². The molecule has 1 N–H and O–H groups in total. The van der Waals surface area contributed by atoms with Crippen LogP contribution in [0.15, 0.2) is 24.3 Å². The smallest absolute Gasteiger partial charge is 0.407 e. The first-order chi connectivity index (χ1) is 12.3. The molecule has 2 aliphatic rings. The summed E-state index contributed by atoms with van der Waals surface area (Å²) in [4.78, 5) is 26.2. The zero-order chi connectivity index (χ0) is 18.7. The Labute approximate surface area is 153 Å². The monoisotopic (exact) mass is 362 g/mol. The maximum absolute atomic E-state index is 12.7. The van der Waals surface area contributed by atoms with Gasteiger partial charge >= 0.3 is 6.09 Å². The van der Waals surface area contributed by atoms with E-state index in [1.54, 1.807) is 11.0 Å². The van der Waals surface area contributed by atoms with Crippen molar-refractivity contribution < 1.29 is 23.8 Å². The van der Waals surface area contributed by atoms with Gasteiger partial charge in [0.15, 0.2) is 11.5 Å². The number of carbonyl (C=O) groups is 2. The molecule has 0 radical (unpaired) electrons. The molecule has 0 aliphatic carbocycles. The molecule has 2 amide bonds. The summed E-state index contributed by atoms with van der Waals surface area (Å²) in [6.45, 7) is 7.43. The highest BCUT2D eigenvalue weighted by molar-refractivity contribution is 5.82. The molecule has 2 aliphatic heterocycles. The highest BCUT2D eigenvalue weighted by Crippen LogP contribution is 2.31. The first-order valence-corrected chi connectivity index (χ1v) is 8.96. The summed E-state index contributed by atoms with van der Waals surface area (Å²) in [5, 5.41) is 2.78. The highest BCUT2D eigenvalue weighted by Gasteiger charge is 2.35. The molecule has 26 heavy (non-hydrogen) atoms. The molecule has 2 heterocycles. The van der Waals surface area contributed by atoms with E-state index in [0.717, 1.165) is 6.42 Å². The number of para-hydroxylation sites is 2. The fourth-order valence-electron chi connectivity index (χ4n) is 3.09. The van der Waals surface area contributed by atoms with Gasteiger partial charge < -0.3 is 24.4 Å². The normalized spacial score (nSPS) is 22.0. The zero-order valence-corrected chi connectivity index (χ0v) is 15.5. The van der Waals surface area contributed by atoms with Crippen LogP contribution in [0.2, 0.25) is 0 Å². The molecule has 7 heteroatoms. The van der Waals surface area contributed by atoms with Crippen molar-refractivity contribution in [3.63, 3.8) is 0 Å². The molecule has 0 bridgehead atoms. The molecule has 3 rings (SSSR count). The Hall–Kier alpha value is -2.44. The molecular weight excluding hydrogens is 336 g/mol. The third-order valence-electron chi connectivity index (χ3n) is 4.32. The molecule has 7 nitrogen and oxygen atoms in total. The SMILES string of the molecule is CC(C)(C)OC(=O)NC[C@@H]1CCN(C(=O)[C@@H]2COc3ccccc3O2)C1. The third kappa shape index (κ3) is 4.59. The first kappa shape index (κ1) is 18.4. The molecule has 2 atom stereocenters. The molecular formula is C19H26N2O5. The van der Waals surface area contributed by atoms with E-state index >= 15 is 0 Å². The van der Waals surface area contributed by atoms with Crippen LogP contribution >= 0.6 is 0 Å². The van der Waals surface area contributed by atoms with Crippen molar-refractivity contribution in [2.75, 3.05) is 26.2 Å². The van der Waals surface area contributed by atoms with Crippen LogP contribution in [0.1, 0.15) is 27.2 Å². The Morgan fingerprint density at radius 1 is 1.27 bits per heavy atom. The lowest BCUT2D eigenvalue weighted by molar-refractivity contribution is -0.140. The van der Waals surface area contributed by atoms with Crippen LogP contribution in [0.25, 0.3) is 0 Å². The van der Waals surface area contributed by atoms with Crippen molar-refractivity contribution in [1.82, 2.24) is 10.2 Å². The Bertz CT molecular complexity index is 670. The molecule has 1 aromatic carbocycles. The molecule has 1 aromatic rings. The largest absolute Gasteiger partial charge is 0.485 e. The lowest BCUT2D eigenvalue weighted by atomic mass is 10.1. The number of benzene rings is 1. The predicted molar refractivity (Wildman–Crippen MR) is 95.3 cm³/mol. The van der Waals surface area contributed by atoms with Crippen molar-refractivity contribution in [3.8, 4) is 11.5 Å². The number of nitrogens with one attached hydrogen (secondary N) is 1. The van der Waals surface area contributed by atoms with Gasteiger partial charge in [-0.2, -0.15) is 0 Å². The van der Waals surface area contributed by atoms with Gasteiger partial charge in [0.1, 0.15) is 12.2 Å². The number of hydrogen-bond acceptors (Lipinski definition) is 5. The van der Waals surface area contributed by atoms with Crippen LogP contribution in [0.3, 0.4) is 0 Å². The fraction of sp³-hybridized carbons (Fsp3) is 0.579. The first-order valence-electron chi connectivity index (χ1n) is 8.96. The number of amides is 2. The van der Waals surface area contributed by atoms with Gasteiger partial charge in [-0.1, -0.05) is 12.1 Å². The second kappa shape index (κ2) is 7.43. The topological polar surface area (TPSA) is 77.1 Å². The van der Waals surface area contributed by atoms with Gasteiger partial charge in [0, 0.05) is 19.6 Å². The lowest BCUT2D eigenvalue weighted by Gasteiger charge is -2.28. The lowest BCUT2D eigenvalue weighted by Crippen LogP contribution is -2.45. The number of likely N-dealkylation sites (tertiary alicyclic amines) is 1. The number of alkyl carbamates (subject to hydrolysis) is 1. The third-order valence-corrected chi connectivity index (χ3v) is 4.32. The van der Waals surface area contributed by atoms with Crippen LogP contribution < -0.4 is 14.8 Å². The number of rotatable bonds is 3.